The van der Waals surface area contributed by atoms with Gasteiger partial charge in [-0.05, 0) is 57.2 Å². The van der Waals surface area contributed by atoms with Crippen molar-refractivity contribution in [1.29, 1.82) is 0 Å². The Balaban J connectivity index is 2.01. The van der Waals surface area contributed by atoms with Gasteiger partial charge in [-0.2, -0.15) is 0 Å². The van der Waals surface area contributed by atoms with Crippen LogP contribution in [0.3, 0.4) is 0 Å². The van der Waals surface area contributed by atoms with E-state index in [0.717, 1.165) is 0 Å². The number of benzene rings is 1. The monoisotopic (exact) mass is 418 g/mol. The molecule has 0 aromatic heterocycles. The predicted octanol–water partition coefficient (Wildman–Crippen LogP) is 4.19. The van der Waals surface area contributed by atoms with Crippen molar-refractivity contribution in [2.45, 2.75) is 26.4 Å². The third-order valence-electron chi connectivity index (χ3n) is 4.10. The maximum Gasteiger partial charge on any atom is 0.340 e. The van der Waals surface area contributed by atoms with E-state index in [1.165, 1.54) is 4.90 Å². The fourth-order valence-electron chi connectivity index (χ4n) is 2.84. The van der Waals surface area contributed by atoms with Gasteiger partial charge in [0.1, 0.15) is 5.60 Å². The van der Waals surface area contributed by atoms with E-state index < -0.39 is 17.6 Å². The molecule has 0 radical (unpaired) electrons. The van der Waals surface area contributed by atoms with Crippen molar-refractivity contribution >= 4 is 17.7 Å². The number of ether oxygens (including phenoxy) is 1. The standard InChI is InChI=1S/C24H26N4O3/c1-24(2,3)31-22(29)20-12-4-5-13-21(20)28(19-11-7-9-15-26-17-19)23(30)27-18-10-6-8-14-25-16-18/h4-17,25-26H,1-3H3,(H,27,30). The van der Waals surface area contributed by atoms with Crippen LogP contribution in [-0.2, 0) is 4.74 Å². The molecular formula is C24H26N4O3. The number of amides is 2. The Morgan fingerprint density at radius 2 is 1.61 bits per heavy atom. The summed E-state index contributed by atoms with van der Waals surface area (Å²) in [6, 6.07) is 6.43. The van der Waals surface area contributed by atoms with Gasteiger partial charge in [0.25, 0.3) is 0 Å². The molecule has 0 saturated heterocycles. The van der Waals surface area contributed by atoms with Crippen molar-refractivity contribution < 1.29 is 14.3 Å². The number of hydrogen-bond acceptors (Lipinski definition) is 5. The summed E-state index contributed by atoms with van der Waals surface area (Å²) in [5.74, 6) is -0.510. The minimum Gasteiger partial charge on any atom is -0.456 e. The number of carbonyl (C=O) groups is 2. The van der Waals surface area contributed by atoms with Gasteiger partial charge in [-0.3, -0.25) is 4.90 Å². The molecule has 0 atom stereocenters. The summed E-state index contributed by atoms with van der Waals surface area (Å²) in [5.41, 5.74) is 1.13. The smallest absolute Gasteiger partial charge is 0.340 e. The highest BCUT2D eigenvalue weighted by Crippen LogP contribution is 2.27. The molecule has 3 rings (SSSR count). The van der Waals surface area contributed by atoms with Crippen LogP contribution in [0.15, 0.2) is 96.9 Å². The van der Waals surface area contributed by atoms with E-state index >= 15 is 0 Å². The first kappa shape index (κ1) is 21.7. The molecule has 0 fully saturated rings. The Labute approximate surface area is 182 Å². The molecule has 2 heterocycles. The van der Waals surface area contributed by atoms with Crippen molar-refractivity contribution in [1.82, 2.24) is 16.0 Å². The summed E-state index contributed by atoms with van der Waals surface area (Å²) in [6.45, 7) is 5.40. The van der Waals surface area contributed by atoms with Gasteiger partial charge in [0.2, 0.25) is 0 Å². The lowest BCUT2D eigenvalue weighted by Crippen LogP contribution is -2.40. The first-order valence-electron chi connectivity index (χ1n) is 9.87. The van der Waals surface area contributed by atoms with Crippen molar-refractivity contribution in [3.8, 4) is 0 Å². The third kappa shape index (κ3) is 5.99. The van der Waals surface area contributed by atoms with Crippen LogP contribution in [0.5, 0.6) is 0 Å². The molecule has 160 valence electrons. The number of nitrogens with zero attached hydrogens (tertiary/aromatic N) is 1. The summed E-state index contributed by atoms with van der Waals surface area (Å²) < 4.78 is 5.57. The lowest BCUT2D eigenvalue weighted by molar-refractivity contribution is 0.00705. The molecule has 1 aromatic carbocycles. The first-order valence-corrected chi connectivity index (χ1v) is 9.87. The highest BCUT2D eigenvalue weighted by atomic mass is 16.6. The summed E-state index contributed by atoms with van der Waals surface area (Å²) in [7, 11) is 0. The van der Waals surface area contributed by atoms with Crippen LogP contribution >= 0.6 is 0 Å². The molecule has 2 aliphatic heterocycles. The molecule has 1 aromatic rings. The van der Waals surface area contributed by atoms with Gasteiger partial charge in [0, 0.05) is 24.8 Å². The van der Waals surface area contributed by atoms with Crippen LogP contribution in [0.1, 0.15) is 31.1 Å². The number of nitrogens with one attached hydrogen (secondary N) is 3. The van der Waals surface area contributed by atoms with E-state index in [-0.39, 0.29) is 5.56 Å². The average Bonchev–Trinajstić information content (AvgIpc) is 3.13. The zero-order valence-electron chi connectivity index (χ0n) is 17.8. The van der Waals surface area contributed by atoms with E-state index in [0.29, 0.717) is 17.1 Å². The van der Waals surface area contributed by atoms with Crippen LogP contribution in [0, 0.1) is 0 Å². The van der Waals surface area contributed by atoms with Gasteiger partial charge in [-0.15, -0.1) is 0 Å². The maximum absolute atomic E-state index is 13.4. The number of hydrogen-bond donors (Lipinski definition) is 3. The second kappa shape index (κ2) is 9.67. The van der Waals surface area contributed by atoms with E-state index in [1.807, 2.05) is 12.2 Å². The number of esters is 1. The van der Waals surface area contributed by atoms with Gasteiger partial charge in [-0.25, -0.2) is 9.59 Å². The zero-order chi connectivity index (χ0) is 22.3. The first-order chi connectivity index (χ1) is 14.8. The van der Waals surface area contributed by atoms with Crippen molar-refractivity contribution in [3.63, 3.8) is 0 Å². The molecule has 0 saturated carbocycles. The minimum absolute atomic E-state index is 0.282. The molecule has 7 heteroatoms. The average molecular weight is 418 g/mol. The molecule has 0 spiro atoms. The maximum atomic E-state index is 13.4. The fourth-order valence-corrected chi connectivity index (χ4v) is 2.84. The number of urea groups is 1. The fraction of sp³-hybridized carbons (Fsp3) is 0.167. The van der Waals surface area contributed by atoms with Crippen LogP contribution < -0.4 is 20.9 Å². The van der Waals surface area contributed by atoms with Gasteiger partial charge in [0.15, 0.2) is 0 Å². The Morgan fingerprint density at radius 3 is 2.35 bits per heavy atom. The number of para-hydroxylation sites is 1. The van der Waals surface area contributed by atoms with E-state index in [4.69, 9.17) is 4.74 Å². The molecule has 3 N–H and O–H groups in total. The normalized spacial score (nSPS) is 14.9. The largest absolute Gasteiger partial charge is 0.456 e. The molecular weight excluding hydrogens is 392 g/mol. The highest BCUT2D eigenvalue weighted by molar-refractivity contribution is 6.04. The summed E-state index contributed by atoms with van der Waals surface area (Å²) in [4.78, 5) is 27.8. The molecule has 31 heavy (non-hydrogen) atoms. The predicted molar refractivity (Wildman–Crippen MR) is 122 cm³/mol. The number of rotatable bonds is 4. The number of carbonyl (C=O) groups excluding carboxylic acids is 2. The van der Waals surface area contributed by atoms with Crippen LogP contribution in [0.25, 0.3) is 0 Å². The highest BCUT2D eigenvalue weighted by Gasteiger charge is 2.27. The van der Waals surface area contributed by atoms with Gasteiger partial charge in [-0.1, -0.05) is 24.3 Å². The van der Waals surface area contributed by atoms with Crippen LogP contribution in [0.4, 0.5) is 10.5 Å². The number of allylic oxidation sites excluding steroid dienone is 6. The zero-order valence-corrected chi connectivity index (χ0v) is 17.8. The molecule has 7 nitrogen and oxygen atoms in total. The van der Waals surface area contributed by atoms with Gasteiger partial charge < -0.3 is 20.7 Å². The van der Waals surface area contributed by atoms with Crippen LogP contribution in [0.2, 0.25) is 0 Å². The second-order valence-electron chi connectivity index (χ2n) is 7.72. The van der Waals surface area contributed by atoms with Crippen molar-refractivity contribution in [3.05, 3.63) is 102 Å². The molecule has 2 aliphatic rings. The SMILES string of the molecule is CC(C)(C)OC(=O)c1ccccc1N(C(=O)NC1=CNC=CC=C1)C1=CNC=CC=C1. The Hall–Kier alpha value is -4.00. The van der Waals surface area contributed by atoms with E-state index in [1.54, 1.807) is 94.1 Å². The molecule has 2 amide bonds. The van der Waals surface area contributed by atoms with Crippen molar-refractivity contribution in [2.24, 2.45) is 0 Å². The second-order valence-corrected chi connectivity index (χ2v) is 7.72. The summed E-state index contributed by atoms with van der Waals surface area (Å²) >= 11 is 0. The Kier molecular flexibility index (Phi) is 6.77. The molecule has 0 unspecified atom stereocenters. The summed E-state index contributed by atoms with van der Waals surface area (Å²) in [6.07, 6.45) is 17.6. The van der Waals surface area contributed by atoms with Crippen LogP contribution in [-0.4, -0.2) is 17.6 Å². The van der Waals surface area contributed by atoms with Gasteiger partial charge >= 0.3 is 12.0 Å². The molecule has 0 aliphatic carbocycles. The Bertz CT molecular complexity index is 1020. The van der Waals surface area contributed by atoms with E-state index in [2.05, 4.69) is 16.0 Å². The topological polar surface area (TPSA) is 82.7 Å². The quantitative estimate of drug-likeness (QED) is 0.639. The van der Waals surface area contributed by atoms with E-state index in [9.17, 15) is 9.59 Å². The number of anilines is 1. The molecule has 0 bridgehead atoms. The van der Waals surface area contributed by atoms with Crippen molar-refractivity contribution in [2.75, 3.05) is 4.90 Å². The Morgan fingerprint density at radius 1 is 0.935 bits per heavy atom. The lowest BCUT2D eigenvalue weighted by atomic mass is 10.1. The van der Waals surface area contributed by atoms with Gasteiger partial charge in [0.05, 0.1) is 22.6 Å². The summed E-state index contributed by atoms with van der Waals surface area (Å²) in [5, 5.41) is 8.85. The minimum atomic E-state index is -0.668. The lowest BCUT2D eigenvalue weighted by Gasteiger charge is -2.27. The third-order valence-corrected chi connectivity index (χ3v) is 4.10.